The highest BCUT2D eigenvalue weighted by Gasteiger charge is 2.45. The SMILES string of the molecule is Cc1ccc(NC(=O)C2C3CCC2CC3)cc1-c1ncn(C)n1. The molecule has 23 heavy (non-hydrogen) atoms. The number of amides is 1. The summed E-state index contributed by atoms with van der Waals surface area (Å²) in [5.74, 6) is 2.30. The molecule has 2 fully saturated rings. The van der Waals surface area contributed by atoms with E-state index < -0.39 is 0 Å². The molecule has 1 N–H and O–H groups in total. The second kappa shape index (κ2) is 5.48. The minimum Gasteiger partial charge on any atom is -0.326 e. The highest BCUT2D eigenvalue weighted by Crippen LogP contribution is 2.49. The first-order valence-corrected chi connectivity index (χ1v) is 8.39. The number of carbonyl (C=O) groups excluding carboxylic acids is 1. The van der Waals surface area contributed by atoms with E-state index in [4.69, 9.17) is 0 Å². The van der Waals surface area contributed by atoms with Crippen molar-refractivity contribution in [3.05, 3.63) is 30.1 Å². The minimum absolute atomic E-state index is 0.193. The molecular weight excluding hydrogens is 288 g/mol. The molecule has 1 aromatic carbocycles. The molecule has 0 spiro atoms. The van der Waals surface area contributed by atoms with Crippen LogP contribution in [0.15, 0.2) is 24.5 Å². The van der Waals surface area contributed by atoms with Crippen molar-refractivity contribution in [2.75, 3.05) is 5.32 Å². The maximum Gasteiger partial charge on any atom is 0.228 e. The molecular formula is C18H22N4O. The molecule has 120 valence electrons. The Hall–Kier alpha value is -2.17. The maximum absolute atomic E-state index is 12.7. The fourth-order valence-corrected chi connectivity index (χ4v) is 4.31. The van der Waals surface area contributed by atoms with Crippen molar-refractivity contribution in [3.8, 4) is 11.4 Å². The number of anilines is 1. The minimum atomic E-state index is 0.193. The Morgan fingerprint density at radius 1 is 1.22 bits per heavy atom. The number of aryl methyl sites for hydroxylation is 2. The summed E-state index contributed by atoms with van der Waals surface area (Å²) < 4.78 is 1.69. The fraction of sp³-hybridized carbons (Fsp3) is 0.500. The molecule has 0 radical (unpaired) electrons. The number of nitrogens with one attached hydrogen (secondary N) is 1. The first-order valence-electron chi connectivity index (χ1n) is 8.39. The molecule has 2 saturated carbocycles. The van der Waals surface area contributed by atoms with Gasteiger partial charge in [-0.25, -0.2) is 4.98 Å². The van der Waals surface area contributed by atoms with E-state index in [0.717, 1.165) is 16.8 Å². The highest BCUT2D eigenvalue weighted by molar-refractivity contribution is 5.94. The smallest absolute Gasteiger partial charge is 0.228 e. The fourth-order valence-electron chi connectivity index (χ4n) is 4.31. The Bertz CT molecular complexity index is 731. The van der Waals surface area contributed by atoms with Gasteiger partial charge in [-0.05, 0) is 62.1 Å². The highest BCUT2D eigenvalue weighted by atomic mass is 16.1. The van der Waals surface area contributed by atoms with Crippen LogP contribution in [0.5, 0.6) is 0 Å². The van der Waals surface area contributed by atoms with Crippen LogP contribution in [0.3, 0.4) is 0 Å². The number of benzene rings is 1. The summed E-state index contributed by atoms with van der Waals surface area (Å²) in [4.78, 5) is 17.0. The average Bonchev–Trinajstić information content (AvgIpc) is 3.24. The molecule has 2 bridgehead atoms. The standard InChI is InChI=1S/C18H22N4O/c1-11-3-8-14(9-15(11)17-19-10-22(2)21-17)20-18(23)16-12-4-5-13(16)7-6-12/h3,8-10,12-13,16H,4-7H2,1-2H3,(H,20,23). The topological polar surface area (TPSA) is 59.8 Å². The lowest BCUT2D eigenvalue weighted by molar-refractivity contribution is -0.121. The van der Waals surface area contributed by atoms with Gasteiger partial charge in [-0.15, -0.1) is 0 Å². The van der Waals surface area contributed by atoms with Gasteiger partial charge in [0.2, 0.25) is 5.91 Å². The molecule has 2 aromatic rings. The Labute approximate surface area is 136 Å². The Kier molecular flexibility index (Phi) is 3.43. The van der Waals surface area contributed by atoms with E-state index in [0.29, 0.717) is 17.7 Å². The number of aromatic nitrogens is 3. The molecule has 4 rings (SSSR count). The zero-order chi connectivity index (χ0) is 16.0. The lowest BCUT2D eigenvalue weighted by Crippen LogP contribution is -2.26. The summed E-state index contributed by atoms with van der Waals surface area (Å²) in [5.41, 5.74) is 2.92. The van der Waals surface area contributed by atoms with Gasteiger partial charge in [0.05, 0.1) is 0 Å². The van der Waals surface area contributed by atoms with Crippen molar-refractivity contribution in [3.63, 3.8) is 0 Å². The Morgan fingerprint density at radius 2 is 1.91 bits per heavy atom. The summed E-state index contributed by atoms with van der Waals surface area (Å²) in [6.07, 6.45) is 6.58. The molecule has 1 aromatic heterocycles. The van der Waals surface area contributed by atoms with Crippen molar-refractivity contribution in [2.24, 2.45) is 24.8 Å². The number of rotatable bonds is 3. The van der Waals surface area contributed by atoms with Gasteiger partial charge in [0, 0.05) is 24.2 Å². The van der Waals surface area contributed by atoms with Crippen molar-refractivity contribution in [1.82, 2.24) is 14.8 Å². The van der Waals surface area contributed by atoms with E-state index in [9.17, 15) is 4.79 Å². The molecule has 0 aliphatic heterocycles. The number of carbonyl (C=O) groups is 1. The normalized spacial score (nSPS) is 25.7. The largest absolute Gasteiger partial charge is 0.326 e. The van der Waals surface area contributed by atoms with Crippen LogP contribution in [-0.4, -0.2) is 20.7 Å². The third kappa shape index (κ3) is 2.54. The van der Waals surface area contributed by atoms with E-state index in [1.165, 1.54) is 25.7 Å². The molecule has 1 heterocycles. The third-order valence-electron chi connectivity index (χ3n) is 5.48. The first-order chi connectivity index (χ1) is 11.1. The van der Waals surface area contributed by atoms with E-state index in [-0.39, 0.29) is 11.8 Å². The van der Waals surface area contributed by atoms with Gasteiger partial charge in [0.25, 0.3) is 0 Å². The van der Waals surface area contributed by atoms with Gasteiger partial charge in [-0.2, -0.15) is 5.10 Å². The van der Waals surface area contributed by atoms with Gasteiger partial charge >= 0.3 is 0 Å². The number of hydrogen-bond donors (Lipinski definition) is 1. The Balaban J connectivity index is 1.57. The quantitative estimate of drug-likeness (QED) is 0.947. The summed E-state index contributed by atoms with van der Waals surface area (Å²) in [5, 5.41) is 7.49. The molecule has 2 aliphatic rings. The van der Waals surface area contributed by atoms with Crippen molar-refractivity contribution < 1.29 is 4.79 Å². The van der Waals surface area contributed by atoms with Gasteiger partial charge in [0.15, 0.2) is 5.82 Å². The maximum atomic E-state index is 12.7. The predicted molar refractivity (Wildman–Crippen MR) is 88.7 cm³/mol. The van der Waals surface area contributed by atoms with E-state index in [2.05, 4.69) is 15.4 Å². The summed E-state index contributed by atoms with van der Waals surface area (Å²) >= 11 is 0. The van der Waals surface area contributed by atoms with Crippen LogP contribution < -0.4 is 5.32 Å². The first kappa shape index (κ1) is 14.4. The van der Waals surface area contributed by atoms with E-state index in [1.807, 2.05) is 32.2 Å². The van der Waals surface area contributed by atoms with Crippen LogP contribution in [0.4, 0.5) is 5.69 Å². The molecule has 0 atom stereocenters. The molecule has 0 unspecified atom stereocenters. The monoisotopic (exact) mass is 310 g/mol. The van der Waals surface area contributed by atoms with Gasteiger partial charge in [-0.3, -0.25) is 9.48 Å². The van der Waals surface area contributed by atoms with E-state index in [1.54, 1.807) is 11.0 Å². The molecule has 5 heteroatoms. The van der Waals surface area contributed by atoms with Crippen LogP contribution in [0.1, 0.15) is 31.2 Å². The molecule has 5 nitrogen and oxygen atoms in total. The van der Waals surface area contributed by atoms with Crippen LogP contribution >= 0.6 is 0 Å². The number of nitrogens with zero attached hydrogens (tertiary/aromatic N) is 3. The van der Waals surface area contributed by atoms with Crippen molar-refractivity contribution in [1.29, 1.82) is 0 Å². The molecule has 2 aliphatic carbocycles. The van der Waals surface area contributed by atoms with Gasteiger partial charge < -0.3 is 5.32 Å². The summed E-state index contributed by atoms with van der Waals surface area (Å²) in [7, 11) is 1.85. The average molecular weight is 310 g/mol. The lowest BCUT2D eigenvalue weighted by atomic mass is 9.96. The van der Waals surface area contributed by atoms with Crippen molar-refractivity contribution in [2.45, 2.75) is 32.6 Å². The van der Waals surface area contributed by atoms with Crippen LogP contribution in [-0.2, 0) is 11.8 Å². The molecule has 1 amide bonds. The second-order valence-corrected chi connectivity index (χ2v) is 6.96. The van der Waals surface area contributed by atoms with Crippen LogP contribution in [0, 0.1) is 24.7 Å². The number of fused-ring (bicyclic) bond motifs is 2. The summed E-state index contributed by atoms with van der Waals surface area (Å²) in [6.45, 7) is 2.04. The van der Waals surface area contributed by atoms with Gasteiger partial charge in [-0.1, -0.05) is 6.07 Å². The zero-order valence-corrected chi connectivity index (χ0v) is 13.6. The van der Waals surface area contributed by atoms with Gasteiger partial charge in [0.1, 0.15) is 6.33 Å². The van der Waals surface area contributed by atoms with Crippen LogP contribution in [0.25, 0.3) is 11.4 Å². The summed E-state index contributed by atoms with van der Waals surface area (Å²) in [6, 6.07) is 5.97. The molecule has 0 saturated heterocycles. The van der Waals surface area contributed by atoms with Crippen LogP contribution in [0.2, 0.25) is 0 Å². The lowest BCUT2D eigenvalue weighted by Gasteiger charge is -2.16. The van der Waals surface area contributed by atoms with Crippen molar-refractivity contribution >= 4 is 11.6 Å². The predicted octanol–water partition coefficient (Wildman–Crippen LogP) is 3.17. The second-order valence-electron chi connectivity index (χ2n) is 6.96. The Morgan fingerprint density at radius 3 is 2.52 bits per heavy atom. The number of hydrogen-bond acceptors (Lipinski definition) is 3. The third-order valence-corrected chi connectivity index (χ3v) is 5.48. The van der Waals surface area contributed by atoms with E-state index >= 15 is 0 Å². The zero-order valence-electron chi connectivity index (χ0n) is 13.6.